The normalized spacial score (nSPS) is 16.4. The number of ether oxygens (including phenoxy) is 1. The van der Waals surface area contributed by atoms with E-state index in [9.17, 15) is 19.8 Å². The molecule has 0 saturated heterocycles. The van der Waals surface area contributed by atoms with Gasteiger partial charge in [0.25, 0.3) is 0 Å². The first kappa shape index (κ1) is 18.7. The fourth-order valence-corrected chi connectivity index (χ4v) is 1.62. The van der Waals surface area contributed by atoms with Gasteiger partial charge in [-0.15, -0.1) is 0 Å². The summed E-state index contributed by atoms with van der Waals surface area (Å²) in [5.74, 6) is -1.46. The molecule has 1 amide bonds. The number of rotatable bonds is 6. The number of carbonyl (C=O) groups is 2. The largest absolute Gasteiger partial charge is 0.479 e. The summed E-state index contributed by atoms with van der Waals surface area (Å²) in [6, 6.07) is -0.907. The molecule has 0 bridgehead atoms. The SMILES string of the molecule is CC(C)CC(NC(=O)OC(C)(C)C)C(O)C(O)C(=O)O. The number of carboxylic acids is 1. The number of amides is 1. The van der Waals surface area contributed by atoms with E-state index in [-0.39, 0.29) is 5.92 Å². The van der Waals surface area contributed by atoms with Crippen LogP contribution in [0.2, 0.25) is 0 Å². The van der Waals surface area contributed by atoms with E-state index in [0.717, 1.165) is 0 Å². The smallest absolute Gasteiger partial charge is 0.407 e. The Balaban J connectivity index is 4.80. The van der Waals surface area contributed by atoms with Crippen LogP contribution in [0.5, 0.6) is 0 Å². The van der Waals surface area contributed by atoms with Crippen LogP contribution >= 0.6 is 0 Å². The van der Waals surface area contributed by atoms with Gasteiger partial charge in [-0.3, -0.25) is 0 Å². The molecule has 0 aromatic heterocycles. The van der Waals surface area contributed by atoms with Crippen LogP contribution in [0, 0.1) is 5.92 Å². The minimum atomic E-state index is -1.96. The van der Waals surface area contributed by atoms with Gasteiger partial charge in [-0.2, -0.15) is 0 Å². The van der Waals surface area contributed by atoms with Crippen LogP contribution in [0.3, 0.4) is 0 Å². The highest BCUT2D eigenvalue weighted by molar-refractivity contribution is 5.73. The first-order valence-corrected chi connectivity index (χ1v) is 6.52. The van der Waals surface area contributed by atoms with E-state index in [0.29, 0.717) is 6.42 Å². The Morgan fingerprint density at radius 1 is 1.20 bits per heavy atom. The standard InChI is InChI=1S/C13H25NO6/c1-7(2)6-8(9(15)10(16)11(17)18)14-12(19)20-13(3,4)5/h7-10,15-16H,6H2,1-5H3,(H,14,19)(H,17,18). The summed E-state index contributed by atoms with van der Waals surface area (Å²) >= 11 is 0. The summed E-state index contributed by atoms with van der Waals surface area (Å²) < 4.78 is 5.05. The zero-order chi connectivity index (χ0) is 16.1. The second-order valence-corrected chi connectivity index (χ2v) is 6.16. The number of carboxylic acid groups (broad SMARTS) is 1. The Kier molecular flexibility index (Phi) is 6.95. The molecular weight excluding hydrogens is 266 g/mol. The molecule has 0 heterocycles. The molecule has 3 unspecified atom stereocenters. The van der Waals surface area contributed by atoms with Crippen molar-refractivity contribution in [2.24, 2.45) is 5.92 Å². The van der Waals surface area contributed by atoms with Gasteiger partial charge in [-0.1, -0.05) is 13.8 Å². The molecule has 7 nitrogen and oxygen atoms in total. The predicted octanol–water partition coefficient (Wildman–Crippen LogP) is 0.732. The lowest BCUT2D eigenvalue weighted by atomic mass is 9.96. The summed E-state index contributed by atoms with van der Waals surface area (Å²) in [6.45, 7) is 8.76. The molecule has 0 rings (SSSR count). The summed E-state index contributed by atoms with van der Waals surface area (Å²) in [4.78, 5) is 22.4. The molecule has 0 aliphatic carbocycles. The molecule has 0 spiro atoms. The molecule has 0 aliphatic heterocycles. The highest BCUT2D eigenvalue weighted by Crippen LogP contribution is 2.13. The predicted molar refractivity (Wildman–Crippen MR) is 72.3 cm³/mol. The third-order valence-electron chi connectivity index (χ3n) is 2.42. The van der Waals surface area contributed by atoms with Gasteiger partial charge in [0.2, 0.25) is 0 Å². The fourth-order valence-electron chi connectivity index (χ4n) is 1.62. The van der Waals surface area contributed by atoms with Crippen LogP contribution in [0.4, 0.5) is 4.79 Å². The number of hydrogen-bond acceptors (Lipinski definition) is 5. The molecule has 0 fully saturated rings. The van der Waals surface area contributed by atoms with Gasteiger partial charge in [0.05, 0.1) is 6.04 Å². The van der Waals surface area contributed by atoms with Crippen LogP contribution in [-0.2, 0) is 9.53 Å². The van der Waals surface area contributed by atoms with Crippen molar-refractivity contribution in [1.82, 2.24) is 5.32 Å². The van der Waals surface area contributed by atoms with Crippen LogP contribution in [0.15, 0.2) is 0 Å². The van der Waals surface area contributed by atoms with Gasteiger partial charge in [-0.25, -0.2) is 9.59 Å². The van der Waals surface area contributed by atoms with E-state index >= 15 is 0 Å². The molecule has 118 valence electrons. The van der Waals surface area contributed by atoms with Gasteiger partial charge in [-0.05, 0) is 33.1 Å². The van der Waals surface area contributed by atoms with E-state index in [1.807, 2.05) is 13.8 Å². The Bertz CT molecular complexity index is 336. The van der Waals surface area contributed by atoms with E-state index in [1.54, 1.807) is 20.8 Å². The highest BCUT2D eigenvalue weighted by Gasteiger charge is 2.33. The maximum Gasteiger partial charge on any atom is 0.407 e. The number of aliphatic hydroxyl groups is 2. The Labute approximate surface area is 118 Å². The molecule has 0 aromatic rings. The molecule has 3 atom stereocenters. The number of aliphatic hydroxyl groups excluding tert-OH is 2. The number of aliphatic carboxylic acids is 1. The van der Waals surface area contributed by atoms with Crippen molar-refractivity contribution in [3.63, 3.8) is 0 Å². The molecule has 20 heavy (non-hydrogen) atoms. The topological polar surface area (TPSA) is 116 Å². The second-order valence-electron chi connectivity index (χ2n) is 6.16. The fraction of sp³-hybridized carbons (Fsp3) is 0.846. The van der Waals surface area contributed by atoms with Crippen molar-refractivity contribution in [3.05, 3.63) is 0 Å². The quantitative estimate of drug-likeness (QED) is 0.573. The number of carbonyl (C=O) groups excluding carboxylic acids is 1. The molecular formula is C13H25NO6. The third-order valence-corrected chi connectivity index (χ3v) is 2.42. The number of nitrogens with one attached hydrogen (secondary N) is 1. The maximum atomic E-state index is 11.7. The lowest BCUT2D eigenvalue weighted by Gasteiger charge is -2.28. The molecule has 4 N–H and O–H groups in total. The van der Waals surface area contributed by atoms with Crippen molar-refractivity contribution >= 4 is 12.1 Å². The first-order valence-electron chi connectivity index (χ1n) is 6.52. The van der Waals surface area contributed by atoms with Crippen LogP contribution in [-0.4, -0.2) is 51.2 Å². The molecule has 0 radical (unpaired) electrons. The molecule has 0 aromatic carbocycles. The third kappa shape index (κ3) is 7.30. The van der Waals surface area contributed by atoms with Gasteiger partial charge in [0, 0.05) is 0 Å². The highest BCUT2D eigenvalue weighted by atomic mass is 16.6. The van der Waals surface area contributed by atoms with Crippen LogP contribution in [0.25, 0.3) is 0 Å². The van der Waals surface area contributed by atoms with E-state index in [4.69, 9.17) is 9.84 Å². The Morgan fingerprint density at radius 3 is 2.05 bits per heavy atom. The average molecular weight is 291 g/mol. The summed E-state index contributed by atoms with van der Waals surface area (Å²) in [5, 5.41) is 30.3. The number of hydrogen-bond donors (Lipinski definition) is 4. The lowest BCUT2D eigenvalue weighted by molar-refractivity contribution is -0.154. The second kappa shape index (κ2) is 7.44. The van der Waals surface area contributed by atoms with Crippen molar-refractivity contribution in [3.8, 4) is 0 Å². The minimum absolute atomic E-state index is 0.0885. The van der Waals surface area contributed by atoms with E-state index in [1.165, 1.54) is 0 Å². The van der Waals surface area contributed by atoms with Crippen molar-refractivity contribution in [2.45, 2.75) is 64.9 Å². The zero-order valence-electron chi connectivity index (χ0n) is 12.6. The minimum Gasteiger partial charge on any atom is -0.479 e. The zero-order valence-corrected chi connectivity index (χ0v) is 12.6. The summed E-state index contributed by atoms with van der Waals surface area (Å²) in [6.07, 6.45) is -4.03. The maximum absolute atomic E-state index is 11.7. The monoisotopic (exact) mass is 291 g/mol. The molecule has 7 heteroatoms. The van der Waals surface area contributed by atoms with Gasteiger partial charge < -0.3 is 25.4 Å². The van der Waals surface area contributed by atoms with Crippen LogP contribution in [0.1, 0.15) is 41.0 Å². The first-order chi connectivity index (χ1) is 8.94. The van der Waals surface area contributed by atoms with Crippen LogP contribution < -0.4 is 5.32 Å². The van der Waals surface area contributed by atoms with Crippen molar-refractivity contribution < 1.29 is 29.6 Å². The summed E-state index contributed by atoms with van der Waals surface area (Å²) in [7, 11) is 0. The van der Waals surface area contributed by atoms with Crippen molar-refractivity contribution in [2.75, 3.05) is 0 Å². The molecule has 0 saturated carbocycles. The van der Waals surface area contributed by atoms with E-state index in [2.05, 4.69) is 5.32 Å². The Hall–Kier alpha value is -1.34. The van der Waals surface area contributed by atoms with Gasteiger partial charge in [0.15, 0.2) is 6.10 Å². The van der Waals surface area contributed by atoms with Crippen molar-refractivity contribution in [1.29, 1.82) is 0 Å². The van der Waals surface area contributed by atoms with E-state index < -0.39 is 35.9 Å². The van der Waals surface area contributed by atoms with Gasteiger partial charge >= 0.3 is 12.1 Å². The average Bonchev–Trinajstić information content (AvgIpc) is 2.22. The molecule has 0 aliphatic rings. The summed E-state index contributed by atoms with van der Waals surface area (Å²) in [5.41, 5.74) is -0.706. The lowest BCUT2D eigenvalue weighted by Crippen LogP contribution is -2.52. The van der Waals surface area contributed by atoms with Gasteiger partial charge in [0.1, 0.15) is 11.7 Å². The number of alkyl carbamates (subject to hydrolysis) is 1. The Morgan fingerprint density at radius 2 is 1.70 bits per heavy atom.